The molecule has 2 fully saturated rings. The van der Waals surface area contributed by atoms with Crippen molar-refractivity contribution in [2.24, 2.45) is 24.8 Å². The van der Waals surface area contributed by atoms with Gasteiger partial charge in [-0.3, -0.25) is 0 Å². The molecule has 134 valence electrons. The Hall–Kier alpha value is -1.40. The summed E-state index contributed by atoms with van der Waals surface area (Å²) < 4.78 is 14.7. The van der Waals surface area contributed by atoms with Crippen LogP contribution in [0.4, 0.5) is 4.39 Å². The Labute approximate surface area is 152 Å². The van der Waals surface area contributed by atoms with Crippen molar-refractivity contribution in [3.05, 3.63) is 29.8 Å². The van der Waals surface area contributed by atoms with Crippen LogP contribution in [-0.2, 0) is 13.7 Å². The number of benzene rings is 1. The van der Waals surface area contributed by atoms with Crippen molar-refractivity contribution in [1.29, 1.82) is 0 Å². The Morgan fingerprint density at radius 2 is 1.88 bits per heavy atom. The van der Waals surface area contributed by atoms with Crippen molar-refractivity contribution in [2.45, 2.75) is 25.2 Å². The number of rotatable bonds is 7. The highest BCUT2D eigenvalue weighted by atomic mass is 32.2. The third-order valence-corrected chi connectivity index (χ3v) is 6.86. The minimum Gasteiger partial charge on any atom is -0.305 e. The summed E-state index contributed by atoms with van der Waals surface area (Å²) in [7, 11) is 2.00. The molecule has 1 saturated heterocycles. The van der Waals surface area contributed by atoms with Gasteiger partial charge in [0.2, 0.25) is 0 Å². The van der Waals surface area contributed by atoms with E-state index in [1.807, 2.05) is 23.7 Å². The third kappa shape index (κ3) is 3.47. The number of nitrogens with zero attached hydrogens (tertiary/aromatic N) is 4. The van der Waals surface area contributed by atoms with Crippen LogP contribution in [0.15, 0.2) is 29.4 Å². The quantitative estimate of drug-likeness (QED) is 0.558. The number of aromatic nitrogens is 3. The molecule has 1 aromatic carbocycles. The number of likely N-dealkylation sites (tertiary alicyclic amines) is 1. The van der Waals surface area contributed by atoms with Crippen LogP contribution in [0.5, 0.6) is 0 Å². The van der Waals surface area contributed by atoms with Gasteiger partial charge in [0, 0.05) is 31.5 Å². The van der Waals surface area contributed by atoms with Gasteiger partial charge in [-0.15, -0.1) is 10.2 Å². The normalized spacial score (nSPS) is 25.3. The smallest absolute Gasteiger partial charge is 0.191 e. The summed E-state index contributed by atoms with van der Waals surface area (Å²) in [5.74, 6) is 4.84. The summed E-state index contributed by atoms with van der Waals surface area (Å²) in [6, 6.07) is 7.43. The molecule has 0 radical (unpaired) electrons. The lowest BCUT2D eigenvalue weighted by Gasteiger charge is -2.17. The van der Waals surface area contributed by atoms with Crippen LogP contribution in [0.3, 0.4) is 0 Å². The second kappa shape index (κ2) is 7.08. The van der Waals surface area contributed by atoms with Crippen molar-refractivity contribution in [1.82, 2.24) is 19.7 Å². The van der Waals surface area contributed by atoms with Gasteiger partial charge in [0.25, 0.3) is 0 Å². The van der Waals surface area contributed by atoms with Crippen LogP contribution in [0, 0.1) is 17.8 Å². The van der Waals surface area contributed by atoms with Crippen molar-refractivity contribution < 1.29 is 4.39 Å². The number of hydrogen-bond donors (Lipinski definition) is 0. The van der Waals surface area contributed by atoms with Gasteiger partial charge in [-0.1, -0.05) is 43.0 Å². The monoisotopic (exact) mass is 360 g/mol. The van der Waals surface area contributed by atoms with Gasteiger partial charge in [0.05, 0.1) is 0 Å². The van der Waals surface area contributed by atoms with E-state index in [0.717, 1.165) is 40.1 Å². The summed E-state index contributed by atoms with van der Waals surface area (Å²) >= 11 is 1.77. The van der Waals surface area contributed by atoms with E-state index in [1.165, 1.54) is 26.1 Å². The standard InChI is InChI=1S/C19H25FN4S/c1-13-16-11-24(12-17(13)16)8-3-9-25-19-22-21-18(23(19)2)15-6-4-14(10-20)5-7-15/h4-7,13,16-17H,3,8-12H2,1-2H3. The lowest BCUT2D eigenvalue weighted by atomic mass is 10.1. The second-order valence-electron chi connectivity index (χ2n) is 7.34. The number of halogens is 1. The highest BCUT2D eigenvalue weighted by Crippen LogP contribution is 2.51. The molecule has 2 atom stereocenters. The molecule has 1 saturated carbocycles. The fraction of sp³-hybridized carbons (Fsp3) is 0.579. The summed E-state index contributed by atoms with van der Waals surface area (Å²) in [5, 5.41) is 9.58. The first-order chi connectivity index (χ1) is 12.2. The fourth-order valence-corrected chi connectivity index (χ4v) is 4.81. The molecule has 1 aliphatic heterocycles. The van der Waals surface area contributed by atoms with Crippen molar-refractivity contribution in [3.8, 4) is 11.4 Å². The Bertz CT molecular complexity index is 718. The van der Waals surface area contributed by atoms with Crippen molar-refractivity contribution in [2.75, 3.05) is 25.4 Å². The summed E-state index contributed by atoms with van der Waals surface area (Å²) in [5.41, 5.74) is 1.67. The second-order valence-corrected chi connectivity index (χ2v) is 8.41. The number of hydrogen-bond acceptors (Lipinski definition) is 4. The molecule has 2 heterocycles. The van der Waals surface area contributed by atoms with Gasteiger partial charge in [-0.05, 0) is 36.3 Å². The van der Waals surface area contributed by atoms with Gasteiger partial charge < -0.3 is 9.47 Å². The van der Waals surface area contributed by atoms with Gasteiger partial charge in [0.1, 0.15) is 6.67 Å². The average Bonchev–Trinajstić information content (AvgIpc) is 2.98. The largest absolute Gasteiger partial charge is 0.305 e. The molecule has 1 aliphatic carbocycles. The van der Waals surface area contributed by atoms with E-state index in [2.05, 4.69) is 22.0 Å². The lowest BCUT2D eigenvalue weighted by Crippen LogP contribution is -2.25. The molecule has 4 rings (SSSR count). The van der Waals surface area contributed by atoms with E-state index in [-0.39, 0.29) is 0 Å². The fourth-order valence-electron chi connectivity index (χ4n) is 3.98. The van der Waals surface area contributed by atoms with Gasteiger partial charge in [-0.2, -0.15) is 0 Å². The zero-order valence-corrected chi connectivity index (χ0v) is 15.7. The first kappa shape index (κ1) is 17.0. The number of fused-ring (bicyclic) bond motifs is 1. The molecule has 2 aliphatic rings. The van der Waals surface area contributed by atoms with Gasteiger partial charge in [-0.25, -0.2) is 4.39 Å². The first-order valence-electron chi connectivity index (χ1n) is 9.07. The molecule has 0 amide bonds. The van der Waals surface area contributed by atoms with E-state index in [4.69, 9.17) is 0 Å². The Morgan fingerprint density at radius 3 is 2.56 bits per heavy atom. The van der Waals surface area contributed by atoms with Crippen molar-refractivity contribution >= 4 is 11.8 Å². The zero-order chi connectivity index (χ0) is 17.4. The van der Waals surface area contributed by atoms with E-state index < -0.39 is 6.67 Å². The average molecular weight is 361 g/mol. The Kier molecular flexibility index (Phi) is 4.82. The van der Waals surface area contributed by atoms with Gasteiger partial charge in [0.15, 0.2) is 11.0 Å². The summed E-state index contributed by atoms with van der Waals surface area (Å²) in [4.78, 5) is 2.62. The van der Waals surface area contributed by atoms with Gasteiger partial charge >= 0.3 is 0 Å². The van der Waals surface area contributed by atoms with Crippen LogP contribution in [-0.4, -0.2) is 45.1 Å². The number of alkyl halides is 1. The molecule has 1 aromatic heterocycles. The number of thioether (sulfide) groups is 1. The molecule has 4 nitrogen and oxygen atoms in total. The maximum absolute atomic E-state index is 12.6. The highest BCUT2D eigenvalue weighted by molar-refractivity contribution is 7.99. The van der Waals surface area contributed by atoms with E-state index in [0.29, 0.717) is 5.56 Å². The summed E-state index contributed by atoms with van der Waals surface area (Å²) in [6.45, 7) is 5.76. The molecule has 2 aromatic rings. The Balaban J connectivity index is 1.27. The maximum atomic E-state index is 12.6. The third-order valence-electron chi connectivity index (χ3n) is 5.75. The predicted octanol–water partition coefficient (Wildman–Crippen LogP) is 3.63. The van der Waals surface area contributed by atoms with Crippen molar-refractivity contribution in [3.63, 3.8) is 0 Å². The van der Waals surface area contributed by atoms with Crippen LogP contribution >= 0.6 is 11.8 Å². The molecule has 2 unspecified atom stereocenters. The zero-order valence-electron chi connectivity index (χ0n) is 14.9. The van der Waals surface area contributed by atoms with Crippen LogP contribution in [0.1, 0.15) is 18.9 Å². The molecule has 0 spiro atoms. The van der Waals surface area contributed by atoms with Crippen LogP contribution in [0.25, 0.3) is 11.4 Å². The molecule has 0 N–H and O–H groups in total. The van der Waals surface area contributed by atoms with E-state index >= 15 is 0 Å². The minimum atomic E-state index is -0.433. The maximum Gasteiger partial charge on any atom is 0.191 e. The molecular weight excluding hydrogens is 335 g/mol. The minimum absolute atomic E-state index is 0.433. The molecule has 0 bridgehead atoms. The SMILES string of the molecule is CC1C2CN(CCCSc3nnc(-c4ccc(CF)cc4)n3C)CC12. The molecule has 25 heavy (non-hydrogen) atoms. The van der Waals surface area contributed by atoms with Crippen LogP contribution < -0.4 is 0 Å². The van der Waals surface area contributed by atoms with Crippen LogP contribution in [0.2, 0.25) is 0 Å². The van der Waals surface area contributed by atoms with E-state index in [1.54, 1.807) is 23.9 Å². The first-order valence-corrected chi connectivity index (χ1v) is 10.1. The lowest BCUT2D eigenvalue weighted by molar-refractivity contribution is 0.290. The molecule has 6 heteroatoms. The highest BCUT2D eigenvalue weighted by Gasteiger charge is 2.52. The Morgan fingerprint density at radius 1 is 1.16 bits per heavy atom. The predicted molar refractivity (Wildman–Crippen MR) is 99.2 cm³/mol. The number of piperidine rings is 1. The van der Waals surface area contributed by atoms with E-state index in [9.17, 15) is 4.39 Å². The summed E-state index contributed by atoms with van der Waals surface area (Å²) in [6.07, 6.45) is 1.19. The molecular formula is C19H25FN4S. The topological polar surface area (TPSA) is 34.0 Å².